The molecule has 0 unspecified atom stereocenters. The normalized spacial score (nSPS) is 11.1. The Bertz CT molecular complexity index is 990. The van der Waals surface area contributed by atoms with Gasteiger partial charge in [0.15, 0.2) is 11.5 Å². The summed E-state index contributed by atoms with van der Waals surface area (Å²) in [5, 5.41) is 12.9. The van der Waals surface area contributed by atoms with Gasteiger partial charge in [-0.2, -0.15) is 0 Å². The number of aromatic hydroxyl groups is 1. The van der Waals surface area contributed by atoms with Gasteiger partial charge in [0.05, 0.1) is 21.3 Å². The zero-order valence-electron chi connectivity index (χ0n) is 16.5. The van der Waals surface area contributed by atoms with Gasteiger partial charge in [0.25, 0.3) is 0 Å². The van der Waals surface area contributed by atoms with Crippen molar-refractivity contribution >= 4 is 22.4 Å². The van der Waals surface area contributed by atoms with Crippen LogP contribution in [0.3, 0.4) is 0 Å². The Hall–Kier alpha value is -2.63. The van der Waals surface area contributed by atoms with E-state index in [1.165, 1.54) is 0 Å². The summed E-state index contributed by atoms with van der Waals surface area (Å²) in [5.74, 6) is 2.07. The van der Waals surface area contributed by atoms with E-state index in [4.69, 9.17) is 25.8 Å². The predicted octanol–water partition coefficient (Wildman–Crippen LogP) is 4.86. The molecule has 3 aromatic rings. The van der Waals surface area contributed by atoms with Crippen LogP contribution in [-0.4, -0.2) is 38.4 Å². The van der Waals surface area contributed by atoms with Crippen molar-refractivity contribution < 1.29 is 19.3 Å². The van der Waals surface area contributed by atoms with Crippen LogP contribution in [0.5, 0.6) is 23.0 Å². The molecular weight excluding hydrogens is 378 g/mol. The van der Waals surface area contributed by atoms with Gasteiger partial charge in [0.1, 0.15) is 5.75 Å². The number of rotatable bonds is 7. The SMILES string of the molecule is COc1ccc(CN(C)Cc2cc(Cl)c3ccccc3c2O)c(OC)c1OC. The summed E-state index contributed by atoms with van der Waals surface area (Å²) in [6, 6.07) is 13.2. The van der Waals surface area contributed by atoms with E-state index in [2.05, 4.69) is 4.90 Å². The van der Waals surface area contributed by atoms with E-state index in [0.717, 1.165) is 21.9 Å². The van der Waals surface area contributed by atoms with Gasteiger partial charge < -0.3 is 19.3 Å². The smallest absolute Gasteiger partial charge is 0.203 e. The van der Waals surface area contributed by atoms with Gasteiger partial charge in [-0.3, -0.25) is 4.90 Å². The summed E-state index contributed by atoms with van der Waals surface area (Å²) < 4.78 is 16.4. The number of methoxy groups -OCH3 is 3. The Morgan fingerprint density at radius 2 is 1.50 bits per heavy atom. The first kappa shape index (κ1) is 20.1. The van der Waals surface area contributed by atoms with Gasteiger partial charge in [-0.05, 0) is 19.2 Å². The molecule has 6 heteroatoms. The molecule has 0 saturated carbocycles. The average molecular weight is 402 g/mol. The highest BCUT2D eigenvalue weighted by atomic mass is 35.5. The standard InChI is InChI=1S/C22H24ClNO4/c1-24(12-14-9-10-19(26-2)22(28-4)21(14)27-3)13-15-11-18(23)16-7-5-6-8-17(16)20(15)25/h5-11,25H,12-13H2,1-4H3. The number of halogens is 1. The Kier molecular flexibility index (Phi) is 6.17. The van der Waals surface area contributed by atoms with Crippen molar-refractivity contribution in [3.05, 3.63) is 58.6 Å². The molecule has 0 aromatic heterocycles. The number of benzene rings is 3. The van der Waals surface area contributed by atoms with E-state index < -0.39 is 0 Å². The van der Waals surface area contributed by atoms with Crippen LogP contribution in [0.1, 0.15) is 11.1 Å². The molecule has 0 heterocycles. The molecule has 0 spiro atoms. The molecule has 0 bridgehead atoms. The molecule has 0 radical (unpaired) electrons. The van der Waals surface area contributed by atoms with Gasteiger partial charge in [-0.1, -0.05) is 41.9 Å². The highest BCUT2D eigenvalue weighted by molar-refractivity contribution is 6.35. The fourth-order valence-electron chi connectivity index (χ4n) is 3.42. The number of hydrogen-bond acceptors (Lipinski definition) is 5. The monoisotopic (exact) mass is 401 g/mol. The second-order valence-electron chi connectivity index (χ2n) is 6.58. The van der Waals surface area contributed by atoms with Crippen LogP contribution in [0.4, 0.5) is 0 Å². The summed E-state index contributed by atoms with van der Waals surface area (Å²) in [7, 11) is 6.76. The van der Waals surface area contributed by atoms with E-state index in [0.29, 0.717) is 35.4 Å². The molecule has 0 aliphatic rings. The van der Waals surface area contributed by atoms with Crippen LogP contribution in [-0.2, 0) is 13.1 Å². The molecule has 148 valence electrons. The molecule has 28 heavy (non-hydrogen) atoms. The van der Waals surface area contributed by atoms with Crippen molar-refractivity contribution in [2.45, 2.75) is 13.1 Å². The quantitative estimate of drug-likeness (QED) is 0.612. The molecule has 0 saturated heterocycles. The first-order valence-electron chi connectivity index (χ1n) is 8.85. The number of hydrogen-bond donors (Lipinski definition) is 1. The number of phenolic OH excluding ortho intramolecular Hbond substituents is 1. The predicted molar refractivity (Wildman–Crippen MR) is 112 cm³/mol. The maximum atomic E-state index is 10.7. The van der Waals surface area contributed by atoms with Crippen molar-refractivity contribution in [2.75, 3.05) is 28.4 Å². The Morgan fingerprint density at radius 1 is 0.857 bits per heavy atom. The Labute approximate surface area is 170 Å². The Balaban J connectivity index is 1.88. The van der Waals surface area contributed by atoms with Crippen LogP contribution in [0.15, 0.2) is 42.5 Å². The maximum Gasteiger partial charge on any atom is 0.203 e. The largest absolute Gasteiger partial charge is 0.507 e. The molecule has 5 nitrogen and oxygen atoms in total. The summed E-state index contributed by atoms with van der Waals surface area (Å²) in [6.07, 6.45) is 0. The van der Waals surface area contributed by atoms with Crippen LogP contribution in [0, 0.1) is 0 Å². The zero-order valence-corrected chi connectivity index (χ0v) is 17.2. The number of phenols is 1. The third kappa shape index (κ3) is 3.81. The molecule has 1 N–H and O–H groups in total. The fourth-order valence-corrected chi connectivity index (χ4v) is 3.71. The van der Waals surface area contributed by atoms with Crippen LogP contribution in [0.25, 0.3) is 10.8 Å². The number of nitrogens with zero attached hydrogens (tertiary/aromatic N) is 1. The van der Waals surface area contributed by atoms with Gasteiger partial charge in [-0.15, -0.1) is 0 Å². The molecule has 3 rings (SSSR count). The highest BCUT2D eigenvalue weighted by Crippen LogP contribution is 2.40. The van der Waals surface area contributed by atoms with Gasteiger partial charge >= 0.3 is 0 Å². The lowest BCUT2D eigenvalue weighted by Gasteiger charge is -2.21. The lowest BCUT2D eigenvalue weighted by Crippen LogP contribution is -2.18. The summed E-state index contributed by atoms with van der Waals surface area (Å²) in [4.78, 5) is 2.07. The minimum Gasteiger partial charge on any atom is -0.507 e. The van der Waals surface area contributed by atoms with E-state index in [-0.39, 0.29) is 5.75 Å². The Morgan fingerprint density at radius 3 is 2.14 bits per heavy atom. The first-order chi connectivity index (χ1) is 13.5. The van der Waals surface area contributed by atoms with Crippen LogP contribution < -0.4 is 14.2 Å². The second kappa shape index (κ2) is 8.59. The lowest BCUT2D eigenvalue weighted by atomic mass is 10.0. The van der Waals surface area contributed by atoms with Crippen molar-refractivity contribution in [1.29, 1.82) is 0 Å². The summed E-state index contributed by atoms with van der Waals surface area (Å²) in [5.41, 5.74) is 1.72. The van der Waals surface area contributed by atoms with Crippen LogP contribution in [0.2, 0.25) is 5.02 Å². The minimum absolute atomic E-state index is 0.256. The van der Waals surface area contributed by atoms with E-state index >= 15 is 0 Å². The van der Waals surface area contributed by atoms with Gasteiger partial charge in [0.2, 0.25) is 5.75 Å². The van der Waals surface area contributed by atoms with E-state index in [9.17, 15) is 5.11 Å². The maximum absolute atomic E-state index is 10.7. The zero-order chi connectivity index (χ0) is 20.3. The third-order valence-corrected chi connectivity index (χ3v) is 5.02. The molecule has 3 aromatic carbocycles. The minimum atomic E-state index is 0.256. The lowest BCUT2D eigenvalue weighted by molar-refractivity contribution is 0.293. The highest BCUT2D eigenvalue weighted by Gasteiger charge is 2.18. The second-order valence-corrected chi connectivity index (χ2v) is 6.98. The van der Waals surface area contributed by atoms with Gasteiger partial charge in [0, 0.05) is 40.0 Å². The summed E-state index contributed by atoms with van der Waals surface area (Å²) in [6.45, 7) is 1.11. The van der Waals surface area contributed by atoms with Crippen molar-refractivity contribution in [3.8, 4) is 23.0 Å². The molecule has 0 aliphatic heterocycles. The van der Waals surface area contributed by atoms with E-state index in [1.807, 2.05) is 49.5 Å². The molecule has 0 aliphatic carbocycles. The topological polar surface area (TPSA) is 51.2 Å². The number of fused-ring (bicyclic) bond motifs is 1. The third-order valence-electron chi connectivity index (χ3n) is 4.71. The number of ether oxygens (including phenoxy) is 3. The van der Waals surface area contributed by atoms with E-state index in [1.54, 1.807) is 21.3 Å². The molecular formula is C22H24ClNO4. The average Bonchev–Trinajstić information content (AvgIpc) is 2.71. The van der Waals surface area contributed by atoms with Crippen molar-refractivity contribution in [3.63, 3.8) is 0 Å². The van der Waals surface area contributed by atoms with Crippen molar-refractivity contribution in [1.82, 2.24) is 4.90 Å². The fraction of sp³-hybridized carbons (Fsp3) is 0.273. The molecule has 0 atom stereocenters. The molecule has 0 fully saturated rings. The van der Waals surface area contributed by atoms with Crippen molar-refractivity contribution in [2.24, 2.45) is 0 Å². The first-order valence-corrected chi connectivity index (χ1v) is 9.23. The van der Waals surface area contributed by atoms with Gasteiger partial charge in [-0.25, -0.2) is 0 Å². The van der Waals surface area contributed by atoms with Crippen LogP contribution >= 0.6 is 11.6 Å². The summed E-state index contributed by atoms with van der Waals surface area (Å²) >= 11 is 6.42. The molecule has 0 amide bonds.